The number of likely N-dealkylation sites (N-methyl/N-ethyl adjacent to an activating group) is 1. The SMILES string of the molecule is C#CCOc1ccc(NC(=O)N(C)CC(O)C2CC2)cc1. The van der Waals surface area contributed by atoms with Gasteiger partial charge in [0.25, 0.3) is 0 Å². The number of rotatable bonds is 6. The zero-order valence-corrected chi connectivity index (χ0v) is 12.1. The second kappa shape index (κ2) is 7.00. The van der Waals surface area contributed by atoms with Gasteiger partial charge in [-0.1, -0.05) is 5.92 Å². The molecule has 5 nitrogen and oxygen atoms in total. The van der Waals surface area contributed by atoms with E-state index in [2.05, 4.69) is 11.2 Å². The Morgan fingerprint density at radius 1 is 1.52 bits per heavy atom. The van der Waals surface area contributed by atoms with Gasteiger partial charge >= 0.3 is 6.03 Å². The maximum Gasteiger partial charge on any atom is 0.321 e. The first-order valence-corrected chi connectivity index (χ1v) is 6.96. The zero-order valence-electron chi connectivity index (χ0n) is 12.1. The van der Waals surface area contributed by atoms with Gasteiger partial charge in [-0.05, 0) is 43.0 Å². The molecule has 0 bridgehead atoms. The second-order valence-corrected chi connectivity index (χ2v) is 5.23. The fourth-order valence-electron chi connectivity index (χ4n) is 1.97. The molecule has 0 spiro atoms. The van der Waals surface area contributed by atoms with E-state index < -0.39 is 6.10 Å². The smallest absolute Gasteiger partial charge is 0.321 e. The number of nitrogens with zero attached hydrogens (tertiary/aromatic N) is 1. The summed E-state index contributed by atoms with van der Waals surface area (Å²) in [7, 11) is 1.67. The van der Waals surface area contributed by atoms with Crippen molar-refractivity contribution in [3.63, 3.8) is 0 Å². The second-order valence-electron chi connectivity index (χ2n) is 5.23. The number of hydrogen-bond donors (Lipinski definition) is 2. The molecule has 1 aromatic carbocycles. The van der Waals surface area contributed by atoms with Crippen molar-refractivity contribution in [2.45, 2.75) is 18.9 Å². The molecule has 0 radical (unpaired) electrons. The third-order valence-electron chi connectivity index (χ3n) is 3.40. The Kier molecular flexibility index (Phi) is 5.07. The molecule has 1 atom stereocenters. The molecule has 0 aliphatic heterocycles. The first-order chi connectivity index (χ1) is 10.1. The van der Waals surface area contributed by atoms with Crippen LogP contribution in [0.25, 0.3) is 0 Å². The van der Waals surface area contributed by atoms with E-state index in [-0.39, 0.29) is 12.6 Å². The lowest BCUT2D eigenvalue weighted by Crippen LogP contribution is -2.37. The van der Waals surface area contributed by atoms with E-state index in [1.807, 2.05) is 0 Å². The summed E-state index contributed by atoms with van der Waals surface area (Å²) in [5, 5.41) is 12.6. The summed E-state index contributed by atoms with van der Waals surface area (Å²) in [5.41, 5.74) is 0.667. The number of amides is 2. The summed E-state index contributed by atoms with van der Waals surface area (Å²) in [6.45, 7) is 0.563. The third kappa shape index (κ3) is 4.69. The molecule has 2 rings (SSSR count). The van der Waals surface area contributed by atoms with Gasteiger partial charge in [-0.2, -0.15) is 0 Å². The topological polar surface area (TPSA) is 61.8 Å². The number of ether oxygens (including phenoxy) is 1. The van der Waals surface area contributed by atoms with Crippen LogP contribution in [0, 0.1) is 18.3 Å². The van der Waals surface area contributed by atoms with Crippen LogP contribution in [-0.4, -0.2) is 42.3 Å². The van der Waals surface area contributed by atoms with Crippen LogP contribution in [0.1, 0.15) is 12.8 Å². The molecule has 0 saturated heterocycles. The van der Waals surface area contributed by atoms with Crippen LogP contribution in [0.2, 0.25) is 0 Å². The van der Waals surface area contributed by atoms with E-state index >= 15 is 0 Å². The number of nitrogens with one attached hydrogen (secondary N) is 1. The highest BCUT2D eigenvalue weighted by Crippen LogP contribution is 2.32. The van der Waals surface area contributed by atoms with Crippen molar-refractivity contribution in [1.29, 1.82) is 0 Å². The molecule has 1 aromatic rings. The number of benzene rings is 1. The number of carbonyl (C=O) groups is 1. The van der Waals surface area contributed by atoms with Gasteiger partial charge in [-0.25, -0.2) is 4.79 Å². The number of anilines is 1. The molecule has 2 N–H and O–H groups in total. The summed E-state index contributed by atoms with van der Waals surface area (Å²) in [5.74, 6) is 3.40. The summed E-state index contributed by atoms with van der Waals surface area (Å²) in [4.78, 5) is 13.5. The Labute approximate surface area is 124 Å². The highest BCUT2D eigenvalue weighted by Gasteiger charge is 2.31. The fourth-order valence-corrected chi connectivity index (χ4v) is 1.97. The minimum Gasteiger partial charge on any atom is -0.481 e. The lowest BCUT2D eigenvalue weighted by atomic mass is 10.2. The Hall–Kier alpha value is -2.19. The number of aliphatic hydroxyl groups excluding tert-OH is 1. The van der Waals surface area contributed by atoms with E-state index in [1.165, 1.54) is 4.90 Å². The fraction of sp³-hybridized carbons (Fsp3) is 0.438. The van der Waals surface area contributed by atoms with Gasteiger partial charge in [0.15, 0.2) is 0 Å². The Morgan fingerprint density at radius 3 is 2.76 bits per heavy atom. The molecular weight excluding hydrogens is 268 g/mol. The van der Waals surface area contributed by atoms with Crippen LogP contribution in [0.3, 0.4) is 0 Å². The van der Waals surface area contributed by atoms with Gasteiger partial charge in [-0.3, -0.25) is 0 Å². The van der Waals surface area contributed by atoms with Gasteiger partial charge in [0.1, 0.15) is 12.4 Å². The van der Waals surface area contributed by atoms with Crippen LogP contribution in [0.5, 0.6) is 5.75 Å². The minimum atomic E-state index is -0.430. The molecule has 1 aliphatic rings. The lowest BCUT2D eigenvalue weighted by molar-refractivity contribution is 0.117. The third-order valence-corrected chi connectivity index (χ3v) is 3.40. The Morgan fingerprint density at radius 2 is 2.19 bits per heavy atom. The largest absolute Gasteiger partial charge is 0.481 e. The van der Waals surface area contributed by atoms with Crippen molar-refractivity contribution in [2.24, 2.45) is 5.92 Å². The quantitative estimate of drug-likeness (QED) is 0.786. The first-order valence-electron chi connectivity index (χ1n) is 6.96. The van der Waals surface area contributed by atoms with Gasteiger partial charge in [-0.15, -0.1) is 6.42 Å². The Balaban J connectivity index is 1.82. The highest BCUT2D eigenvalue weighted by atomic mass is 16.5. The monoisotopic (exact) mass is 288 g/mol. The molecular formula is C16H20N2O3. The molecule has 1 unspecified atom stereocenters. The molecule has 1 aliphatic carbocycles. The van der Waals surface area contributed by atoms with Crippen molar-refractivity contribution in [3.05, 3.63) is 24.3 Å². The van der Waals surface area contributed by atoms with Gasteiger partial charge in [0.05, 0.1) is 6.10 Å². The van der Waals surface area contributed by atoms with Gasteiger partial charge < -0.3 is 20.1 Å². The predicted molar refractivity (Wildman–Crippen MR) is 81.1 cm³/mol. The van der Waals surface area contributed by atoms with Crippen molar-refractivity contribution in [1.82, 2.24) is 4.90 Å². The van der Waals surface area contributed by atoms with Crippen LogP contribution < -0.4 is 10.1 Å². The van der Waals surface area contributed by atoms with Crippen LogP contribution in [0.15, 0.2) is 24.3 Å². The predicted octanol–water partition coefficient (Wildman–Crippen LogP) is 1.93. The maximum absolute atomic E-state index is 12.0. The van der Waals surface area contributed by atoms with E-state index in [1.54, 1.807) is 31.3 Å². The molecule has 112 valence electrons. The van der Waals surface area contributed by atoms with E-state index in [9.17, 15) is 9.90 Å². The molecule has 1 saturated carbocycles. The van der Waals surface area contributed by atoms with E-state index in [0.717, 1.165) is 12.8 Å². The zero-order chi connectivity index (χ0) is 15.2. The lowest BCUT2D eigenvalue weighted by Gasteiger charge is -2.21. The summed E-state index contributed by atoms with van der Waals surface area (Å²) in [6, 6.07) is 6.73. The van der Waals surface area contributed by atoms with Crippen LogP contribution in [0.4, 0.5) is 10.5 Å². The average Bonchev–Trinajstić information content (AvgIpc) is 3.31. The summed E-state index contributed by atoms with van der Waals surface area (Å²) in [6.07, 6.45) is 6.79. The van der Waals surface area contributed by atoms with Crippen molar-refractivity contribution in [3.8, 4) is 18.1 Å². The van der Waals surface area contributed by atoms with Gasteiger partial charge in [0, 0.05) is 19.3 Å². The van der Waals surface area contributed by atoms with Crippen molar-refractivity contribution >= 4 is 11.7 Å². The molecule has 21 heavy (non-hydrogen) atoms. The summed E-state index contributed by atoms with van der Waals surface area (Å²) < 4.78 is 5.26. The van der Waals surface area contributed by atoms with E-state index in [0.29, 0.717) is 23.9 Å². The molecule has 5 heteroatoms. The van der Waals surface area contributed by atoms with E-state index in [4.69, 9.17) is 11.2 Å². The number of carbonyl (C=O) groups excluding carboxylic acids is 1. The van der Waals surface area contributed by atoms with Gasteiger partial charge in [0.2, 0.25) is 0 Å². The van der Waals surface area contributed by atoms with Crippen molar-refractivity contribution < 1.29 is 14.6 Å². The molecule has 0 aromatic heterocycles. The molecule has 1 fully saturated rings. The molecule has 2 amide bonds. The van der Waals surface area contributed by atoms with Crippen LogP contribution >= 0.6 is 0 Å². The van der Waals surface area contributed by atoms with Crippen molar-refractivity contribution in [2.75, 3.05) is 25.5 Å². The minimum absolute atomic E-state index is 0.216. The highest BCUT2D eigenvalue weighted by molar-refractivity contribution is 5.89. The average molecular weight is 288 g/mol. The number of hydrogen-bond acceptors (Lipinski definition) is 3. The van der Waals surface area contributed by atoms with Crippen LogP contribution in [-0.2, 0) is 0 Å². The molecule has 0 heterocycles. The normalized spacial score (nSPS) is 14.9. The Bertz CT molecular complexity index is 517. The number of aliphatic hydroxyl groups is 1. The number of urea groups is 1. The standard InChI is InChI=1S/C16H20N2O3/c1-3-10-21-14-8-6-13(7-9-14)17-16(20)18(2)11-15(19)12-4-5-12/h1,6-9,12,15,19H,4-5,10-11H2,2H3,(H,17,20). The first kappa shape index (κ1) is 15.2. The summed E-state index contributed by atoms with van der Waals surface area (Å²) >= 11 is 0. The maximum atomic E-state index is 12.0. The number of terminal acetylenes is 1.